The minimum atomic E-state index is -4.19. The van der Waals surface area contributed by atoms with E-state index in [0.717, 1.165) is 27.8 Å². The Morgan fingerprint density at radius 2 is 1.69 bits per heavy atom. The molecule has 2 aliphatic rings. The van der Waals surface area contributed by atoms with Crippen molar-refractivity contribution in [1.29, 1.82) is 0 Å². The molecule has 2 N–H and O–H groups in total. The van der Waals surface area contributed by atoms with Crippen LogP contribution in [0.3, 0.4) is 0 Å². The first-order chi connectivity index (χ1) is 24.5. The van der Waals surface area contributed by atoms with Crippen molar-refractivity contribution in [2.75, 3.05) is 32.7 Å². The molecule has 2 aliphatic heterocycles. The van der Waals surface area contributed by atoms with Crippen molar-refractivity contribution >= 4 is 68.2 Å². The monoisotopic (exact) mass is 748 g/mol. The molecule has 1 atom stereocenters. The van der Waals surface area contributed by atoms with Crippen LogP contribution in [0.4, 0.5) is 0 Å². The number of pyridine rings is 1. The predicted molar refractivity (Wildman–Crippen MR) is 199 cm³/mol. The number of ether oxygens (including phenoxy) is 1. The second-order valence-electron chi connectivity index (χ2n) is 12.6. The zero-order valence-corrected chi connectivity index (χ0v) is 30.6. The van der Waals surface area contributed by atoms with Crippen LogP contribution in [-0.2, 0) is 26.2 Å². The molecule has 3 aromatic carbocycles. The van der Waals surface area contributed by atoms with Crippen molar-refractivity contribution in [3.8, 4) is 5.75 Å². The van der Waals surface area contributed by atoms with E-state index in [1.807, 2.05) is 56.3 Å². The fourth-order valence-corrected chi connectivity index (χ4v) is 9.06. The van der Waals surface area contributed by atoms with E-state index >= 15 is 0 Å². The molecule has 14 heteroatoms. The van der Waals surface area contributed by atoms with E-state index in [2.05, 4.69) is 10.1 Å². The van der Waals surface area contributed by atoms with Crippen molar-refractivity contribution in [3.05, 3.63) is 105 Å². The van der Waals surface area contributed by atoms with Gasteiger partial charge in [0.05, 0.1) is 11.2 Å². The summed E-state index contributed by atoms with van der Waals surface area (Å²) in [5.74, 6) is 5.25. The Kier molecular flexibility index (Phi) is 11.0. The van der Waals surface area contributed by atoms with Crippen molar-refractivity contribution < 1.29 is 22.7 Å². The summed E-state index contributed by atoms with van der Waals surface area (Å²) in [4.78, 5) is 34.5. The number of halogens is 2. The molecular weight excluding hydrogens is 711 g/mol. The van der Waals surface area contributed by atoms with Crippen LogP contribution in [0.5, 0.6) is 5.75 Å². The predicted octanol–water partition coefficient (Wildman–Crippen LogP) is 5.57. The molecule has 0 bridgehead atoms. The third-order valence-corrected chi connectivity index (χ3v) is 12.1. The highest BCUT2D eigenvalue weighted by atomic mass is 35.5. The number of aromatic nitrogens is 1. The van der Waals surface area contributed by atoms with Crippen LogP contribution in [0.15, 0.2) is 76.7 Å². The maximum absolute atomic E-state index is 14.1. The van der Waals surface area contributed by atoms with Gasteiger partial charge in [-0.25, -0.2) is 13.4 Å². The summed E-state index contributed by atoms with van der Waals surface area (Å²) >= 11 is 13.3. The first-order valence-corrected chi connectivity index (χ1v) is 18.7. The van der Waals surface area contributed by atoms with Gasteiger partial charge >= 0.3 is 0 Å². The molecule has 11 nitrogen and oxygen atoms in total. The Labute approximate surface area is 307 Å². The number of benzene rings is 3. The molecule has 6 rings (SSSR count). The summed E-state index contributed by atoms with van der Waals surface area (Å²) in [7, 11) is -4.19. The molecule has 51 heavy (non-hydrogen) atoms. The molecule has 0 radical (unpaired) electrons. The number of carbonyl (C=O) groups excluding carboxylic acids is 2. The van der Waals surface area contributed by atoms with Crippen LogP contribution in [0, 0.1) is 13.8 Å². The first-order valence-electron chi connectivity index (χ1n) is 16.6. The molecule has 2 fully saturated rings. The average molecular weight is 750 g/mol. The van der Waals surface area contributed by atoms with E-state index in [-0.39, 0.29) is 39.9 Å². The Morgan fingerprint density at radius 3 is 2.41 bits per heavy atom. The molecule has 1 aromatic heterocycles. The summed E-state index contributed by atoms with van der Waals surface area (Å²) in [6.07, 6.45) is 5.67. The maximum atomic E-state index is 14.1. The molecule has 4 aromatic rings. The Bertz CT molecular complexity index is 2130. The van der Waals surface area contributed by atoms with Crippen molar-refractivity contribution in [1.82, 2.24) is 19.1 Å². The van der Waals surface area contributed by atoms with Gasteiger partial charge in [-0.15, -0.1) is 0 Å². The molecule has 2 amide bonds. The van der Waals surface area contributed by atoms with Gasteiger partial charge in [0.25, 0.3) is 0 Å². The molecule has 0 unspecified atom stereocenters. The van der Waals surface area contributed by atoms with Gasteiger partial charge in [-0.2, -0.15) is 9.41 Å². The number of amides is 2. The molecule has 266 valence electrons. The Balaban J connectivity index is 1.12. The molecule has 0 spiro atoms. The second-order valence-corrected chi connectivity index (χ2v) is 15.2. The quantitative estimate of drug-likeness (QED) is 0.102. The smallest absolute Gasteiger partial charge is 0.246 e. The van der Waals surface area contributed by atoms with Gasteiger partial charge in [0.1, 0.15) is 28.8 Å². The van der Waals surface area contributed by atoms with Crippen LogP contribution in [0.1, 0.15) is 40.8 Å². The lowest BCUT2D eigenvalue weighted by atomic mass is 10.1. The van der Waals surface area contributed by atoms with Gasteiger partial charge in [-0.05, 0) is 73.7 Å². The highest BCUT2D eigenvalue weighted by Gasteiger charge is 2.42. The molecular formula is C37H38Cl2N6O5S. The number of aryl methyl sites for hydroxylation is 2. The van der Waals surface area contributed by atoms with E-state index < -0.39 is 16.1 Å². The van der Waals surface area contributed by atoms with Crippen LogP contribution >= 0.6 is 23.2 Å². The third-order valence-electron chi connectivity index (χ3n) is 9.22. The van der Waals surface area contributed by atoms with Gasteiger partial charge in [0, 0.05) is 60.5 Å². The zero-order chi connectivity index (χ0) is 36.3. The topological polar surface area (TPSA) is 138 Å². The Hall–Kier alpha value is -4.49. The van der Waals surface area contributed by atoms with Gasteiger partial charge in [0.15, 0.2) is 0 Å². The van der Waals surface area contributed by atoms with E-state index in [9.17, 15) is 18.0 Å². The summed E-state index contributed by atoms with van der Waals surface area (Å²) in [5, 5.41) is 4.64. The SMILES string of the molecule is Cc1cc(C)c2cccc(OCc3c(Cl)ccc(S(=O)(=O)N4CCC[C@H]4C(=O)N4CCN(C(=O)C=Cc5ccc(C=NN)cc5)CC4)c3Cl)c2n1. The summed E-state index contributed by atoms with van der Waals surface area (Å²) in [5.41, 5.74) is 4.60. The van der Waals surface area contributed by atoms with Gasteiger partial charge < -0.3 is 20.4 Å². The lowest BCUT2D eigenvalue weighted by Gasteiger charge is -2.36. The number of hydrazone groups is 1. The number of hydrogen-bond donors (Lipinski definition) is 1. The highest BCUT2D eigenvalue weighted by Crippen LogP contribution is 2.37. The average Bonchev–Trinajstić information content (AvgIpc) is 3.62. The molecule has 2 saturated heterocycles. The standard InChI is InChI=1S/C37H38Cl2N6O5S/c1-24-21-25(2)42-36-28(24)5-3-7-32(36)50-23-29-30(38)13-14-33(35(29)39)51(48,49)45-16-4-6-31(45)37(47)44-19-17-43(18-20-44)34(46)15-12-26-8-10-27(11-9-26)22-41-40/h3,5,7-15,21-22,31H,4,6,16-20,23,40H2,1-2H3/t31-/m0/s1. The largest absolute Gasteiger partial charge is 0.487 e. The lowest BCUT2D eigenvalue weighted by Crippen LogP contribution is -2.55. The van der Waals surface area contributed by atoms with Crippen LogP contribution in [0.25, 0.3) is 17.0 Å². The third kappa shape index (κ3) is 7.74. The minimum Gasteiger partial charge on any atom is -0.487 e. The maximum Gasteiger partial charge on any atom is 0.246 e. The van der Waals surface area contributed by atoms with E-state index in [1.165, 1.54) is 28.7 Å². The summed E-state index contributed by atoms with van der Waals surface area (Å²) in [6, 6.07) is 17.0. The number of nitrogens with two attached hydrogens (primary N) is 1. The van der Waals surface area contributed by atoms with Crippen LogP contribution in [-0.4, -0.2) is 84.3 Å². The number of rotatable bonds is 9. The van der Waals surface area contributed by atoms with Crippen LogP contribution in [0.2, 0.25) is 10.0 Å². The summed E-state index contributed by atoms with van der Waals surface area (Å²) < 4.78 is 35.6. The van der Waals surface area contributed by atoms with Gasteiger partial charge in [-0.3, -0.25) is 9.59 Å². The molecule has 3 heterocycles. The van der Waals surface area contributed by atoms with Crippen molar-refractivity contribution in [2.24, 2.45) is 10.9 Å². The lowest BCUT2D eigenvalue weighted by molar-refractivity contribution is -0.139. The van der Waals surface area contributed by atoms with Gasteiger partial charge in [-0.1, -0.05) is 59.6 Å². The van der Waals surface area contributed by atoms with E-state index in [1.54, 1.807) is 21.9 Å². The number of piperazine rings is 1. The van der Waals surface area contributed by atoms with Crippen LogP contribution < -0.4 is 10.6 Å². The van der Waals surface area contributed by atoms with E-state index in [4.69, 9.17) is 33.8 Å². The number of sulfonamides is 1. The number of carbonyl (C=O) groups is 2. The van der Waals surface area contributed by atoms with Crippen molar-refractivity contribution in [3.63, 3.8) is 0 Å². The highest BCUT2D eigenvalue weighted by molar-refractivity contribution is 7.89. The van der Waals surface area contributed by atoms with Crippen molar-refractivity contribution in [2.45, 2.75) is 44.2 Å². The summed E-state index contributed by atoms with van der Waals surface area (Å²) in [6.45, 7) is 5.24. The Morgan fingerprint density at radius 1 is 0.980 bits per heavy atom. The van der Waals surface area contributed by atoms with Gasteiger partial charge in [0.2, 0.25) is 21.8 Å². The fraction of sp³-hybridized carbons (Fsp3) is 0.297. The normalized spacial score (nSPS) is 17.2. The number of fused-ring (bicyclic) bond motifs is 1. The zero-order valence-electron chi connectivity index (χ0n) is 28.3. The number of hydrogen-bond acceptors (Lipinski definition) is 8. The second kappa shape index (κ2) is 15.4. The first kappa shape index (κ1) is 36.3. The minimum absolute atomic E-state index is 0.0540. The molecule has 0 aliphatic carbocycles. The number of para-hydroxylation sites is 1. The van der Waals surface area contributed by atoms with E-state index in [0.29, 0.717) is 55.9 Å². The molecule has 0 saturated carbocycles. The number of nitrogens with zero attached hydrogens (tertiary/aromatic N) is 5. The fourth-order valence-electron chi connectivity index (χ4n) is 6.54.